The van der Waals surface area contributed by atoms with E-state index in [1.54, 1.807) is 35.2 Å². The number of methoxy groups -OCH3 is 1. The molecule has 0 saturated carbocycles. The lowest BCUT2D eigenvalue weighted by Crippen LogP contribution is -2.44. The summed E-state index contributed by atoms with van der Waals surface area (Å²) >= 11 is 6.16. The molecule has 3 aromatic rings. The van der Waals surface area contributed by atoms with Crippen molar-refractivity contribution in [3.05, 3.63) is 94.5 Å². The number of fused-ring (bicyclic) bond motifs is 2. The van der Waals surface area contributed by atoms with Crippen LogP contribution < -0.4 is 16.0 Å². The highest BCUT2D eigenvalue weighted by atomic mass is 35.5. The summed E-state index contributed by atoms with van der Waals surface area (Å²) in [5.41, 5.74) is 3.46. The molecule has 2 aliphatic rings. The van der Waals surface area contributed by atoms with Gasteiger partial charge < -0.3 is 19.7 Å². The van der Waals surface area contributed by atoms with Crippen molar-refractivity contribution in [2.75, 3.05) is 37.4 Å². The van der Waals surface area contributed by atoms with Crippen molar-refractivity contribution in [1.29, 1.82) is 0 Å². The largest absolute Gasteiger partial charge is 0.453 e. The third-order valence-corrected chi connectivity index (χ3v) is 6.75. The number of halogens is 1. The molecule has 39 heavy (non-hydrogen) atoms. The molecule has 0 aromatic heterocycles. The van der Waals surface area contributed by atoms with Crippen molar-refractivity contribution < 1.29 is 23.9 Å². The number of benzene rings is 3. The zero-order valence-electron chi connectivity index (χ0n) is 21.8. The van der Waals surface area contributed by atoms with Gasteiger partial charge in [0.25, 0.3) is 0 Å². The minimum Gasteiger partial charge on any atom is -0.453 e. The number of ether oxygens (including phenoxy) is 2. The molecule has 2 aliphatic heterocycles. The van der Waals surface area contributed by atoms with Crippen LogP contribution in [0.1, 0.15) is 23.1 Å². The highest BCUT2D eigenvalue weighted by Gasteiger charge is 2.48. The van der Waals surface area contributed by atoms with E-state index in [0.717, 1.165) is 11.1 Å². The van der Waals surface area contributed by atoms with Gasteiger partial charge in [-0.1, -0.05) is 59.6 Å². The van der Waals surface area contributed by atoms with Gasteiger partial charge in [0.05, 0.1) is 25.9 Å². The van der Waals surface area contributed by atoms with Crippen molar-refractivity contribution in [3.8, 4) is 0 Å². The number of hydrogen-bond acceptors (Lipinski definition) is 6. The van der Waals surface area contributed by atoms with Crippen LogP contribution in [-0.4, -0.2) is 49.7 Å². The first-order valence-electron chi connectivity index (χ1n) is 12.5. The molecule has 10 heteroatoms. The van der Waals surface area contributed by atoms with Gasteiger partial charge in [-0.05, 0) is 42.8 Å². The Morgan fingerprint density at radius 2 is 1.85 bits per heavy atom. The Hall–Kier alpha value is -4.08. The van der Waals surface area contributed by atoms with Crippen LogP contribution in [0.4, 0.5) is 21.0 Å². The van der Waals surface area contributed by atoms with E-state index in [-0.39, 0.29) is 19.0 Å². The van der Waals surface area contributed by atoms with Gasteiger partial charge in [-0.3, -0.25) is 15.4 Å². The number of nitrogens with zero attached hydrogens (tertiary/aromatic N) is 1. The minimum absolute atomic E-state index is 0.0796. The number of likely N-dealkylation sites (tertiary alicyclic amines) is 1. The molecule has 9 nitrogen and oxygen atoms in total. The zero-order valence-corrected chi connectivity index (χ0v) is 22.6. The average molecular weight is 551 g/mol. The molecule has 5 rings (SSSR count). The summed E-state index contributed by atoms with van der Waals surface area (Å²) in [7, 11) is 1.30. The van der Waals surface area contributed by atoms with E-state index in [1.165, 1.54) is 12.7 Å². The lowest BCUT2D eigenvalue weighted by molar-refractivity contribution is -0.130. The molecule has 3 N–H and O–H groups in total. The molecular formula is C29H31ClN4O5. The molecule has 1 unspecified atom stereocenters. The van der Waals surface area contributed by atoms with Crippen molar-refractivity contribution in [2.45, 2.75) is 25.5 Å². The van der Waals surface area contributed by atoms with E-state index in [9.17, 15) is 14.4 Å². The summed E-state index contributed by atoms with van der Waals surface area (Å²) in [6, 6.07) is 22.7. The fourth-order valence-corrected chi connectivity index (χ4v) is 4.68. The van der Waals surface area contributed by atoms with Gasteiger partial charge in [-0.15, -0.1) is 0 Å². The number of hydrogen-bond donors (Lipinski definition) is 3. The summed E-state index contributed by atoms with van der Waals surface area (Å²) in [6.07, 6.45) is -0.555. The fraction of sp³-hybridized carbons (Fsp3) is 0.276. The van der Waals surface area contributed by atoms with Gasteiger partial charge in [0, 0.05) is 35.8 Å². The minimum atomic E-state index is -0.888. The maximum atomic E-state index is 12.8. The monoisotopic (exact) mass is 550 g/mol. The van der Waals surface area contributed by atoms with Gasteiger partial charge in [-0.2, -0.15) is 0 Å². The van der Waals surface area contributed by atoms with Crippen LogP contribution in [-0.2, 0) is 26.4 Å². The highest BCUT2D eigenvalue weighted by molar-refractivity contribution is 6.30. The quantitative estimate of drug-likeness (QED) is 0.398. The van der Waals surface area contributed by atoms with Crippen LogP contribution in [0.3, 0.4) is 0 Å². The summed E-state index contributed by atoms with van der Waals surface area (Å²) in [5, 5.41) is 8.95. The molecule has 1 spiro atoms. The molecule has 3 aromatic carbocycles. The van der Waals surface area contributed by atoms with Crippen LogP contribution in [0.25, 0.3) is 0 Å². The van der Waals surface area contributed by atoms with Gasteiger partial charge in [-0.25, -0.2) is 9.59 Å². The van der Waals surface area contributed by atoms with Gasteiger partial charge in [0.1, 0.15) is 0 Å². The zero-order chi connectivity index (χ0) is 27.8. The maximum Gasteiger partial charge on any atom is 0.412 e. The van der Waals surface area contributed by atoms with Crippen LogP contribution in [0, 0.1) is 6.92 Å². The fourth-order valence-electron chi connectivity index (χ4n) is 4.50. The van der Waals surface area contributed by atoms with E-state index in [1.807, 2.05) is 30.3 Å². The number of anilines is 2. The van der Waals surface area contributed by atoms with Crippen LogP contribution >= 0.6 is 11.6 Å². The Morgan fingerprint density at radius 1 is 1.10 bits per heavy atom. The first kappa shape index (κ1) is 27.9. The number of carbonyl (C=O) groups excluding carboxylic acids is 3. The molecule has 0 radical (unpaired) electrons. The van der Waals surface area contributed by atoms with Crippen LogP contribution in [0.5, 0.6) is 0 Å². The molecule has 0 bridgehead atoms. The Bertz CT molecular complexity index is 1320. The van der Waals surface area contributed by atoms with Crippen molar-refractivity contribution in [3.63, 3.8) is 0 Å². The highest BCUT2D eigenvalue weighted by Crippen LogP contribution is 2.43. The normalized spacial score (nSPS) is 17.3. The second-order valence-corrected chi connectivity index (χ2v) is 9.77. The Kier molecular flexibility index (Phi) is 9.06. The lowest BCUT2D eigenvalue weighted by Gasteiger charge is -2.35. The Labute approximate surface area is 232 Å². The molecule has 1 atom stereocenters. The second kappa shape index (κ2) is 12.6. The topological polar surface area (TPSA) is 109 Å². The van der Waals surface area contributed by atoms with E-state index in [4.69, 9.17) is 16.3 Å². The van der Waals surface area contributed by atoms with Crippen molar-refractivity contribution >= 4 is 41.1 Å². The predicted molar refractivity (Wildman–Crippen MR) is 150 cm³/mol. The third-order valence-electron chi connectivity index (χ3n) is 6.51. The molecular weight excluding hydrogens is 520 g/mol. The number of rotatable bonds is 5. The molecule has 3 amide bonds. The van der Waals surface area contributed by atoms with E-state index in [2.05, 4.69) is 39.7 Å². The van der Waals surface area contributed by atoms with E-state index >= 15 is 0 Å². The van der Waals surface area contributed by atoms with Crippen LogP contribution in [0.15, 0.2) is 72.8 Å². The summed E-state index contributed by atoms with van der Waals surface area (Å²) in [5.74, 6) is -0.0796. The SMILES string of the molecule is COC(=O)Nc1ccc(CNCC(=O)N2CCC3(C2)OC(=O)Nc2ccc(Cl)cc23)cc1.Cc1ccccc1. The molecule has 2 heterocycles. The number of aryl methyl sites for hydroxylation is 1. The standard InChI is InChI=1S/C22H23ClN4O5.C7H8/c1-31-20(29)25-16-5-2-14(3-6-16)11-24-12-19(28)27-9-8-22(13-27)17-10-15(23)4-7-18(17)26-21(30)32-22;1-7-5-3-2-4-6-7/h2-7,10,24H,8-9,11-13H2,1H3,(H,25,29)(H,26,30);2-6H,1H3. The van der Waals surface area contributed by atoms with Gasteiger partial charge in [0.15, 0.2) is 5.60 Å². The lowest BCUT2D eigenvalue weighted by atomic mass is 9.90. The summed E-state index contributed by atoms with van der Waals surface area (Å²) < 4.78 is 10.2. The summed E-state index contributed by atoms with van der Waals surface area (Å²) in [6.45, 7) is 3.48. The number of nitrogens with one attached hydrogen (secondary N) is 3. The Balaban J connectivity index is 0.000000438. The molecule has 1 fully saturated rings. The molecule has 204 valence electrons. The third kappa shape index (κ3) is 7.28. The van der Waals surface area contributed by atoms with Crippen LogP contribution in [0.2, 0.25) is 5.02 Å². The molecule has 0 aliphatic carbocycles. The maximum absolute atomic E-state index is 12.8. The van der Waals surface area contributed by atoms with E-state index in [0.29, 0.717) is 35.9 Å². The van der Waals surface area contributed by atoms with Gasteiger partial charge in [0.2, 0.25) is 5.91 Å². The van der Waals surface area contributed by atoms with Crippen molar-refractivity contribution in [2.24, 2.45) is 0 Å². The van der Waals surface area contributed by atoms with Gasteiger partial charge >= 0.3 is 12.2 Å². The Morgan fingerprint density at radius 3 is 2.51 bits per heavy atom. The smallest absolute Gasteiger partial charge is 0.412 e. The summed E-state index contributed by atoms with van der Waals surface area (Å²) in [4.78, 5) is 37.7. The van der Waals surface area contributed by atoms with Crippen molar-refractivity contribution in [1.82, 2.24) is 10.2 Å². The molecule has 1 saturated heterocycles. The average Bonchev–Trinajstić information content (AvgIpc) is 3.35. The predicted octanol–water partition coefficient (Wildman–Crippen LogP) is 5.29. The first-order valence-corrected chi connectivity index (χ1v) is 12.9. The number of carbonyl (C=O) groups is 3. The van der Waals surface area contributed by atoms with E-state index < -0.39 is 17.8 Å². The first-order chi connectivity index (χ1) is 18.8. The number of amides is 3. The second-order valence-electron chi connectivity index (χ2n) is 9.34.